The third kappa shape index (κ3) is 4.27. The van der Waals surface area contributed by atoms with Crippen molar-refractivity contribution in [3.05, 3.63) is 51.1 Å². The van der Waals surface area contributed by atoms with E-state index in [2.05, 4.69) is 20.4 Å². The Labute approximate surface area is 176 Å². The zero-order valence-electron chi connectivity index (χ0n) is 17.2. The van der Waals surface area contributed by atoms with Crippen molar-refractivity contribution in [1.82, 2.24) is 24.7 Å². The first-order chi connectivity index (χ1) is 14.3. The van der Waals surface area contributed by atoms with Gasteiger partial charge in [0, 0.05) is 5.56 Å². The van der Waals surface area contributed by atoms with Gasteiger partial charge in [0.25, 0.3) is 0 Å². The van der Waals surface area contributed by atoms with E-state index in [0.29, 0.717) is 39.7 Å². The maximum Gasteiger partial charge on any atom is 0.312 e. The van der Waals surface area contributed by atoms with Gasteiger partial charge >= 0.3 is 5.69 Å². The molecule has 0 N–H and O–H groups in total. The topological polar surface area (TPSA) is 122 Å². The zero-order chi connectivity index (χ0) is 21.8. The van der Waals surface area contributed by atoms with E-state index in [0.717, 1.165) is 5.56 Å². The van der Waals surface area contributed by atoms with Gasteiger partial charge in [-0.15, -0.1) is 10.2 Å². The van der Waals surface area contributed by atoms with E-state index in [1.54, 1.807) is 62.7 Å². The van der Waals surface area contributed by atoms with Gasteiger partial charge in [0.05, 0.1) is 31.2 Å². The molecule has 0 aliphatic rings. The van der Waals surface area contributed by atoms with Crippen molar-refractivity contribution in [2.45, 2.75) is 31.8 Å². The maximum atomic E-state index is 11.2. The summed E-state index contributed by atoms with van der Waals surface area (Å²) in [6, 6.07) is 5.41. The van der Waals surface area contributed by atoms with Gasteiger partial charge in [-0.25, -0.2) is 0 Å². The van der Waals surface area contributed by atoms with Crippen LogP contribution in [0.4, 0.5) is 5.69 Å². The molecule has 3 aromatic rings. The Morgan fingerprint density at radius 2 is 2.00 bits per heavy atom. The van der Waals surface area contributed by atoms with Crippen molar-refractivity contribution in [2.24, 2.45) is 5.10 Å². The molecule has 0 saturated carbocycles. The molecule has 0 saturated heterocycles. The number of nitro groups is 1. The van der Waals surface area contributed by atoms with Crippen molar-refractivity contribution in [1.29, 1.82) is 0 Å². The fourth-order valence-electron chi connectivity index (χ4n) is 2.82. The number of aryl methyl sites for hydroxylation is 2. The summed E-state index contributed by atoms with van der Waals surface area (Å²) >= 11 is 1.32. The largest absolute Gasteiger partial charge is 0.497 e. The average molecular weight is 431 g/mol. The van der Waals surface area contributed by atoms with Crippen LogP contribution in [-0.2, 0) is 5.88 Å². The highest BCUT2D eigenvalue weighted by atomic mass is 32.2. The van der Waals surface area contributed by atoms with Crippen LogP contribution in [0.25, 0.3) is 0 Å². The van der Waals surface area contributed by atoms with Crippen LogP contribution in [-0.4, -0.2) is 50.0 Å². The molecule has 0 fully saturated rings. The molecule has 1 aromatic carbocycles. The van der Waals surface area contributed by atoms with Gasteiger partial charge in [-0.1, -0.05) is 11.8 Å². The summed E-state index contributed by atoms with van der Waals surface area (Å²) in [5.41, 5.74) is 1.61. The molecule has 30 heavy (non-hydrogen) atoms. The molecular formula is C18H21N7O4S. The Morgan fingerprint density at radius 1 is 1.23 bits per heavy atom. The number of ether oxygens (including phenoxy) is 2. The quantitative estimate of drug-likeness (QED) is 0.231. The van der Waals surface area contributed by atoms with E-state index >= 15 is 0 Å². The summed E-state index contributed by atoms with van der Waals surface area (Å²) in [6.07, 6.45) is 1.63. The van der Waals surface area contributed by atoms with E-state index in [-0.39, 0.29) is 5.69 Å². The van der Waals surface area contributed by atoms with Gasteiger partial charge in [0.2, 0.25) is 5.16 Å². The van der Waals surface area contributed by atoms with Crippen molar-refractivity contribution >= 4 is 23.7 Å². The van der Waals surface area contributed by atoms with E-state index in [1.165, 1.54) is 11.8 Å². The minimum atomic E-state index is -0.419. The predicted molar refractivity (Wildman–Crippen MR) is 112 cm³/mol. The number of aromatic nitrogens is 5. The van der Waals surface area contributed by atoms with Crippen LogP contribution in [0.2, 0.25) is 0 Å². The van der Waals surface area contributed by atoms with E-state index in [9.17, 15) is 10.1 Å². The molecule has 0 aliphatic heterocycles. The summed E-state index contributed by atoms with van der Waals surface area (Å²) < 4.78 is 13.8. The van der Waals surface area contributed by atoms with Crippen LogP contribution in [0.15, 0.2) is 28.5 Å². The van der Waals surface area contributed by atoms with Gasteiger partial charge in [0.1, 0.15) is 22.9 Å². The molecule has 0 spiro atoms. The Hall–Kier alpha value is -3.41. The maximum absolute atomic E-state index is 11.2. The number of nitrogens with zero attached hydrogens (tertiary/aromatic N) is 7. The lowest BCUT2D eigenvalue weighted by Gasteiger charge is -2.07. The molecule has 0 aliphatic carbocycles. The minimum absolute atomic E-state index is 0.0244. The number of hydrogen-bond acceptors (Lipinski definition) is 9. The van der Waals surface area contributed by atoms with Gasteiger partial charge in [0.15, 0.2) is 5.82 Å². The summed E-state index contributed by atoms with van der Waals surface area (Å²) in [7, 11) is 3.17. The highest BCUT2D eigenvalue weighted by Gasteiger charge is 2.22. The van der Waals surface area contributed by atoms with Crippen LogP contribution in [0.3, 0.4) is 0 Å². The highest BCUT2D eigenvalue weighted by Crippen LogP contribution is 2.26. The van der Waals surface area contributed by atoms with Crippen LogP contribution in [0.5, 0.6) is 11.5 Å². The summed E-state index contributed by atoms with van der Waals surface area (Å²) in [6.45, 7) is 5.07. The second-order valence-corrected chi connectivity index (χ2v) is 7.16. The Balaban J connectivity index is 1.84. The molecule has 2 aromatic heterocycles. The molecule has 0 radical (unpaired) electrons. The molecule has 0 bridgehead atoms. The van der Waals surface area contributed by atoms with Crippen LogP contribution in [0.1, 0.15) is 22.8 Å². The lowest BCUT2D eigenvalue weighted by molar-refractivity contribution is -0.386. The zero-order valence-corrected chi connectivity index (χ0v) is 18.0. The number of thioether (sulfide) groups is 1. The first kappa shape index (κ1) is 21.3. The van der Waals surface area contributed by atoms with Crippen LogP contribution >= 0.6 is 11.8 Å². The third-order valence-electron chi connectivity index (χ3n) is 4.36. The monoisotopic (exact) mass is 431 g/mol. The summed E-state index contributed by atoms with van der Waals surface area (Å²) in [4.78, 5) is 10.8. The van der Waals surface area contributed by atoms with E-state index in [4.69, 9.17) is 9.47 Å². The average Bonchev–Trinajstić information content (AvgIpc) is 3.22. The fraction of sp³-hybridized carbons (Fsp3) is 0.333. The lowest BCUT2D eigenvalue weighted by atomic mass is 10.2. The third-order valence-corrected chi connectivity index (χ3v) is 5.25. The molecule has 3 rings (SSSR count). The lowest BCUT2D eigenvalue weighted by Crippen LogP contribution is -2.03. The molecular weight excluding hydrogens is 410 g/mol. The van der Waals surface area contributed by atoms with Crippen molar-refractivity contribution in [2.75, 3.05) is 14.2 Å². The number of methoxy groups -OCH3 is 2. The summed E-state index contributed by atoms with van der Waals surface area (Å²) in [5.74, 6) is 2.25. The first-order valence-electron chi connectivity index (χ1n) is 8.85. The molecule has 2 heterocycles. The molecule has 0 atom stereocenters. The minimum Gasteiger partial charge on any atom is -0.497 e. The van der Waals surface area contributed by atoms with Crippen LogP contribution < -0.4 is 9.47 Å². The Morgan fingerprint density at radius 3 is 2.63 bits per heavy atom. The molecule has 0 unspecified atom stereocenters. The van der Waals surface area contributed by atoms with Gasteiger partial charge < -0.3 is 9.47 Å². The fourth-order valence-corrected chi connectivity index (χ4v) is 3.71. The highest BCUT2D eigenvalue weighted by molar-refractivity contribution is 7.98. The van der Waals surface area contributed by atoms with Gasteiger partial charge in [-0.3, -0.25) is 14.8 Å². The van der Waals surface area contributed by atoms with Crippen molar-refractivity contribution in [3.8, 4) is 11.5 Å². The Bertz CT molecular complexity index is 1110. The molecule has 0 amide bonds. The molecule has 11 nitrogen and oxygen atoms in total. The second-order valence-electron chi connectivity index (χ2n) is 6.24. The smallest absolute Gasteiger partial charge is 0.312 e. The number of rotatable bonds is 8. The SMILES string of the molecule is COc1ccc(OC)c(C=Nn2c(C)nnc2SCn2nc(C)c([N+](=O)[O-])c2C)c1. The van der Waals surface area contributed by atoms with E-state index < -0.39 is 4.92 Å². The number of hydrogen-bond donors (Lipinski definition) is 0. The van der Waals surface area contributed by atoms with Crippen LogP contribution in [0, 0.1) is 30.9 Å². The standard InChI is InChI=1S/C18H21N7O4S/c1-11-17(25(26)27)12(2)23(22-11)10-30-18-21-20-13(3)24(18)19-9-14-8-15(28-4)6-7-16(14)29-5/h6-9H,10H2,1-5H3. The Kier molecular flexibility index (Phi) is 6.35. The normalized spacial score (nSPS) is 11.2. The summed E-state index contributed by atoms with van der Waals surface area (Å²) in [5, 5.41) is 28.7. The van der Waals surface area contributed by atoms with Gasteiger partial charge in [-0.2, -0.15) is 14.9 Å². The van der Waals surface area contributed by atoms with E-state index in [1.807, 2.05) is 6.07 Å². The van der Waals surface area contributed by atoms with Crippen molar-refractivity contribution in [3.63, 3.8) is 0 Å². The number of benzene rings is 1. The molecule has 12 heteroatoms. The predicted octanol–water partition coefficient (Wildman–Crippen LogP) is 2.96. The van der Waals surface area contributed by atoms with Crippen molar-refractivity contribution < 1.29 is 14.4 Å². The first-order valence-corrected chi connectivity index (χ1v) is 9.83. The second kappa shape index (κ2) is 8.95. The van der Waals surface area contributed by atoms with Gasteiger partial charge in [-0.05, 0) is 39.0 Å². The molecule has 158 valence electrons.